The summed E-state index contributed by atoms with van der Waals surface area (Å²) in [6.45, 7) is 3.22. The zero-order valence-electron chi connectivity index (χ0n) is 12.0. The molecule has 0 bridgehead atoms. The van der Waals surface area contributed by atoms with Gasteiger partial charge in [-0.15, -0.1) is 24.0 Å². The molecule has 1 saturated carbocycles. The van der Waals surface area contributed by atoms with E-state index in [0.717, 1.165) is 43.1 Å². The van der Waals surface area contributed by atoms with Crippen LogP contribution in [0.2, 0.25) is 0 Å². The molecule has 1 aliphatic heterocycles. The third-order valence-electron chi connectivity index (χ3n) is 4.26. The van der Waals surface area contributed by atoms with Gasteiger partial charge < -0.3 is 14.6 Å². The molecule has 1 aromatic heterocycles. The van der Waals surface area contributed by atoms with Crippen molar-refractivity contribution in [2.75, 3.05) is 26.7 Å². The lowest BCUT2D eigenvalue weighted by Crippen LogP contribution is -2.40. The zero-order valence-corrected chi connectivity index (χ0v) is 14.4. The fraction of sp³-hybridized carbons (Fsp3) is 0.667. The number of aliphatic imine (C=N–C) groups is 1. The molecule has 1 saturated heterocycles. The predicted octanol–water partition coefficient (Wildman–Crippen LogP) is 2.75. The van der Waals surface area contributed by atoms with E-state index in [-0.39, 0.29) is 24.0 Å². The smallest absolute Gasteiger partial charge is 0.193 e. The van der Waals surface area contributed by atoms with E-state index in [2.05, 4.69) is 15.2 Å². The standard InChI is InChI=1S/C15H23N3O.HI/c1-16-15(17-8-6-14-3-2-10-19-14)18-9-7-13(11-18)12-4-5-12;/h2-3,10,12-13H,4-9,11H2,1H3,(H,16,17);1H. The molecule has 3 rings (SSSR count). The number of furan rings is 1. The average molecular weight is 389 g/mol. The maximum absolute atomic E-state index is 5.34. The van der Waals surface area contributed by atoms with Gasteiger partial charge in [0.05, 0.1) is 6.26 Å². The van der Waals surface area contributed by atoms with Crippen LogP contribution in [0.3, 0.4) is 0 Å². The molecule has 2 fully saturated rings. The zero-order chi connectivity index (χ0) is 13.1. The Morgan fingerprint density at radius 1 is 1.40 bits per heavy atom. The van der Waals surface area contributed by atoms with Crippen LogP contribution in [0.25, 0.3) is 0 Å². The van der Waals surface area contributed by atoms with Gasteiger partial charge in [-0.2, -0.15) is 0 Å². The lowest BCUT2D eigenvalue weighted by Gasteiger charge is -2.21. The molecular formula is C15H24IN3O. The Bertz CT molecular complexity index is 428. The first-order valence-corrected chi connectivity index (χ1v) is 7.35. The van der Waals surface area contributed by atoms with Crippen molar-refractivity contribution >= 4 is 29.9 Å². The maximum Gasteiger partial charge on any atom is 0.193 e. The highest BCUT2D eigenvalue weighted by Crippen LogP contribution is 2.41. The van der Waals surface area contributed by atoms with Crippen molar-refractivity contribution in [1.29, 1.82) is 0 Å². The molecule has 2 heterocycles. The summed E-state index contributed by atoms with van der Waals surface area (Å²) < 4.78 is 5.34. The molecule has 0 spiro atoms. The first-order chi connectivity index (χ1) is 9.36. The van der Waals surface area contributed by atoms with E-state index in [0.29, 0.717) is 0 Å². The van der Waals surface area contributed by atoms with Crippen molar-refractivity contribution in [2.45, 2.75) is 25.7 Å². The lowest BCUT2D eigenvalue weighted by molar-refractivity contribution is 0.434. The molecule has 1 aliphatic carbocycles. The Labute approximate surface area is 138 Å². The minimum absolute atomic E-state index is 0. The van der Waals surface area contributed by atoms with Crippen LogP contribution in [-0.4, -0.2) is 37.5 Å². The number of halogens is 1. The van der Waals surface area contributed by atoms with Crippen molar-refractivity contribution in [1.82, 2.24) is 10.2 Å². The van der Waals surface area contributed by atoms with Gasteiger partial charge in [-0.3, -0.25) is 4.99 Å². The van der Waals surface area contributed by atoms with Crippen LogP contribution in [-0.2, 0) is 6.42 Å². The Kier molecular flexibility index (Phi) is 5.74. The van der Waals surface area contributed by atoms with Crippen LogP contribution in [0.15, 0.2) is 27.8 Å². The number of likely N-dealkylation sites (tertiary alicyclic amines) is 1. The van der Waals surface area contributed by atoms with Gasteiger partial charge >= 0.3 is 0 Å². The minimum Gasteiger partial charge on any atom is -0.469 e. The van der Waals surface area contributed by atoms with E-state index in [1.54, 1.807) is 6.26 Å². The molecule has 4 nitrogen and oxygen atoms in total. The summed E-state index contributed by atoms with van der Waals surface area (Å²) in [5.41, 5.74) is 0. The fourth-order valence-corrected chi connectivity index (χ4v) is 3.02. The number of nitrogens with one attached hydrogen (secondary N) is 1. The van der Waals surface area contributed by atoms with Gasteiger partial charge in [0, 0.05) is 33.1 Å². The molecule has 1 aromatic rings. The molecule has 0 aromatic carbocycles. The summed E-state index contributed by atoms with van der Waals surface area (Å²) in [7, 11) is 1.87. The van der Waals surface area contributed by atoms with Gasteiger partial charge in [-0.25, -0.2) is 0 Å². The molecule has 0 radical (unpaired) electrons. The quantitative estimate of drug-likeness (QED) is 0.489. The number of guanidine groups is 1. The summed E-state index contributed by atoms with van der Waals surface area (Å²) in [4.78, 5) is 6.81. The number of nitrogens with zero attached hydrogens (tertiary/aromatic N) is 2. The van der Waals surface area contributed by atoms with Gasteiger partial charge in [0.1, 0.15) is 5.76 Å². The molecule has 2 aliphatic rings. The normalized spacial score (nSPS) is 22.8. The molecule has 112 valence electrons. The van der Waals surface area contributed by atoms with Gasteiger partial charge in [0.25, 0.3) is 0 Å². The van der Waals surface area contributed by atoms with Crippen LogP contribution in [0, 0.1) is 11.8 Å². The average Bonchev–Trinajstić information content (AvgIpc) is 2.95. The summed E-state index contributed by atoms with van der Waals surface area (Å²) in [5, 5.41) is 3.45. The fourth-order valence-electron chi connectivity index (χ4n) is 3.02. The van der Waals surface area contributed by atoms with Gasteiger partial charge in [-0.05, 0) is 43.2 Å². The number of hydrogen-bond acceptors (Lipinski definition) is 2. The van der Waals surface area contributed by atoms with E-state index in [1.165, 1.54) is 25.8 Å². The molecule has 1 atom stereocenters. The lowest BCUT2D eigenvalue weighted by atomic mass is 10.0. The highest BCUT2D eigenvalue weighted by atomic mass is 127. The summed E-state index contributed by atoms with van der Waals surface area (Å²) in [6, 6.07) is 3.95. The van der Waals surface area contributed by atoms with Crippen LogP contribution >= 0.6 is 24.0 Å². The van der Waals surface area contributed by atoms with E-state index in [1.807, 2.05) is 19.2 Å². The Balaban J connectivity index is 0.00000147. The van der Waals surface area contributed by atoms with Gasteiger partial charge in [-0.1, -0.05) is 0 Å². The van der Waals surface area contributed by atoms with Crippen LogP contribution in [0.4, 0.5) is 0 Å². The second kappa shape index (κ2) is 7.33. The highest BCUT2D eigenvalue weighted by Gasteiger charge is 2.36. The second-order valence-electron chi connectivity index (χ2n) is 5.64. The molecule has 1 unspecified atom stereocenters. The summed E-state index contributed by atoms with van der Waals surface area (Å²) in [6.07, 6.45) is 6.87. The maximum atomic E-state index is 5.34. The van der Waals surface area contributed by atoms with E-state index in [9.17, 15) is 0 Å². The Hall–Kier alpha value is -0.720. The molecule has 1 N–H and O–H groups in total. The van der Waals surface area contributed by atoms with E-state index >= 15 is 0 Å². The van der Waals surface area contributed by atoms with Crippen molar-refractivity contribution in [3.05, 3.63) is 24.2 Å². The predicted molar refractivity (Wildman–Crippen MR) is 91.6 cm³/mol. The van der Waals surface area contributed by atoms with Crippen molar-refractivity contribution in [2.24, 2.45) is 16.8 Å². The third kappa shape index (κ3) is 3.90. The molecular weight excluding hydrogens is 365 g/mol. The second-order valence-corrected chi connectivity index (χ2v) is 5.64. The monoisotopic (exact) mass is 389 g/mol. The van der Waals surface area contributed by atoms with Crippen molar-refractivity contribution in [3.8, 4) is 0 Å². The molecule has 5 heteroatoms. The van der Waals surface area contributed by atoms with Gasteiger partial charge in [0.15, 0.2) is 5.96 Å². The molecule has 20 heavy (non-hydrogen) atoms. The number of rotatable bonds is 4. The summed E-state index contributed by atoms with van der Waals surface area (Å²) >= 11 is 0. The van der Waals surface area contributed by atoms with Crippen LogP contribution < -0.4 is 5.32 Å². The third-order valence-corrected chi connectivity index (χ3v) is 4.26. The highest BCUT2D eigenvalue weighted by molar-refractivity contribution is 14.0. The van der Waals surface area contributed by atoms with Crippen LogP contribution in [0.1, 0.15) is 25.0 Å². The Morgan fingerprint density at radius 2 is 2.25 bits per heavy atom. The Morgan fingerprint density at radius 3 is 2.90 bits per heavy atom. The largest absolute Gasteiger partial charge is 0.469 e. The van der Waals surface area contributed by atoms with E-state index < -0.39 is 0 Å². The summed E-state index contributed by atoms with van der Waals surface area (Å²) in [5.74, 6) is 3.99. The molecule has 0 amide bonds. The van der Waals surface area contributed by atoms with E-state index in [4.69, 9.17) is 4.42 Å². The van der Waals surface area contributed by atoms with Crippen molar-refractivity contribution in [3.63, 3.8) is 0 Å². The SMILES string of the molecule is CN=C(NCCc1ccco1)N1CCC(C2CC2)C1.I. The number of hydrogen-bond donors (Lipinski definition) is 1. The topological polar surface area (TPSA) is 40.8 Å². The van der Waals surface area contributed by atoms with Crippen LogP contribution in [0.5, 0.6) is 0 Å². The minimum atomic E-state index is 0. The first-order valence-electron chi connectivity index (χ1n) is 7.35. The first kappa shape index (κ1) is 15.7. The van der Waals surface area contributed by atoms with Gasteiger partial charge in [0.2, 0.25) is 0 Å². The van der Waals surface area contributed by atoms with Crippen molar-refractivity contribution < 1.29 is 4.42 Å².